The van der Waals surface area contributed by atoms with Crippen LogP contribution in [0.4, 0.5) is 39.5 Å². The van der Waals surface area contributed by atoms with E-state index in [2.05, 4.69) is 11.3 Å². The molecule has 0 bridgehead atoms. The van der Waals surface area contributed by atoms with Crippen molar-refractivity contribution in [2.24, 2.45) is 5.92 Å². The van der Waals surface area contributed by atoms with E-state index >= 15 is 0 Å². The minimum absolute atomic E-state index is 0.296. The van der Waals surface area contributed by atoms with E-state index in [1.54, 1.807) is 0 Å². The normalized spacial score (nSPS) is 15.3. The highest BCUT2D eigenvalue weighted by atomic mass is 19.4. The van der Waals surface area contributed by atoms with Gasteiger partial charge in [0.25, 0.3) is 0 Å². The lowest BCUT2D eigenvalue weighted by atomic mass is 9.90. The smallest absolute Gasteiger partial charge is 0.460 e. The highest BCUT2D eigenvalue weighted by Crippen LogP contribution is 2.55. The van der Waals surface area contributed by atoms with Gasteiger partial charge in [-0.15, -0.1) is 0 Å². The van der Waals surface area contributed by atoms with E-state index in [1.165, 1.54) is 0 Å². The Balaban J connectivity index is 5.55. The molecule has 1 unspecified atom stereocenters. The van der Waals surface area contributed by atoms with Crippen molar-refractivity contribution in [2.45, 2.75) is 44.2 Å². The summed E-state index contributed by atoms with van der Waals surface area (Å²) in [6, 6.07) is 0. The lowest BCUT2D eigenvalue weighted by molar-refractivity contribution is -0.404. The van der Waals surface area contributed by atoms with Crippen molar-refractivity contribution in [3.05, 3.63) is 12.2 Å². The molecule has 0 aromatic carbocycles. The van der Waals surface area contributed by atoms with Gasteiger partial charge in [-0.2, -0.15) is 39.5 Å². The van der Waals surface area contributed by atoms with Crippen LogP contribution in [0.5, 0.6) is 0 Å². The van der Waals surface area contributed by atoms with Crippen LogP contribution in [0.25, 0.3) is 0 Å². The van der Waals surface area contributed by atoms with Gasteiger partial charge in [-0.25, -0.2) is 4.79 Å². The summed E-state index contributed by atoms with van der Waals surface area (Å²) in [7, 11) is 0. The topological polar surface area (TPSA) is 26.3 Å². The third kappa shape index (κ3) is 3.92. The van der Waals surface area contributed by atoms with Crippen molar-refractivity contribution in [3.63, 3.8) is 0 Å². The first-order chi connectivity index (χ1) is 10.0. The molecule has 0 aliphatic rings. The third-order valence-electron chi connectivity index (χ3n) is 2.94. The lowest BCUT2D eigenvalue weighted by Gasteiger charge is -2.37. The summed E-state index contributed by atoms with van der Waals surface area (Å²) < 4.78 is 119. The maximum atomic E-state index is 13.6. The number of alkyl halides is 9. The first-order valence-corrected chi connectivity index (χ1v) is 6.06. The van der Waals surface area contributed by atoms with E-state index in [-0.39, 0.29) is 5.57 Å². The van der Waals surface area contributed by atoms with Crippen LogP contribution in [0, 0.1) is 5.92 Å². The molecule has 0 spiro atoms. The molecule has 1 atom stereocenters. The molecule has 0 heterocycles. The van der Waals surface area contributed by atoms with E-state index in [0.717, 1.165) is 13.8 Å². The SMILES string of the molecule is C=C(C)C(=O)OCC(CC)C(F)(F)C(F)(F)C(F)(F)C(F)(F)F. The average Bonchev–Trinajstić information content (AvgIpc) is 2.36. The molecule has 23 heavy (non-hydrogen) atoms. The van der Waals surface area contributed by atoms with Crippen LogP contribution < -0.4 is 0 Å². The third-order valence-corrected chi connectivity index (χ3v) is 2.94. The minimum Gasteiger partial charge on any atom is -0.462 e. The molecule has 0 saturated carbocycles. The zero-order valence-electron chi connectivity index (χ0n) is 11.9. The van der Waals surface area contributed by atoms with Gasteiger partial charge in [0.05, 0.1) is 5.92 Å². The predicted octanol–water partition coefficient (Wildman–Crippen LogP) is 4.60. The molecule has 0 aromatic heterocycles. The highest BCUT2D eigenvalue weighted by Gasteiger charge is 2.82. The summed E-state index contributed by atoms with van der Waals surface area (Å²) in [4.78, 5) is 11.0. The van der Waals surface area contributed by atoms with Crippen LogP contribution in [0.15, 0.2) is 12.2 Å². The monoisotopic (exact) mass is 360 g/mol. The number of ether oxygens (including phenoxy) is 1. The lowest BCUT2D eigenvalue weighted by Crippen LogP contribution is -2.63. The van der Waals surface area contributed by atoms with Gasteiger partial charge in [-0.1, -0.05) is 13.5 Å². The second-order valence-electron chi connectivity index (χ2n) is 4.75. The summed E-state index contributed by atoms with van der Waals surface area (Å²) in [6.07, 6.45) is -7.83. The van der Waals surface area contributed by atoms with Crippen molar-refractivity contribution in [2.75, 3.05) is 6.61 Å². The molecule has 0 amide bonds. The van der Waals surface area contributed by atoms with Crippen LogP contribution in [0.1, 0.15) is 20.3 Å². The van der Waals surface area contributed by atoms with Crippen LogP contribution in [-0.2, 0) is 9.53 Å². The Hall–Kier alpha value is -1.42. The maximum absolute atomic E-state index is 13.6. The van der Waals surface area contributed by atoms with E-state index in [1.807, 2.05) is 0 Å². The summed E-state index contributed by atoms with van der Waals surface area (Å²) in [5.41, 5.74) is -0.296. The highest BCUT2D eigenvalue weighted by molar-refractivity contribution is 5.86. The molecule has 0 saturated heterocycles. The fraction of sp³-hybridized carbons (Fsp3) is 0.750. The minimum atomic E-state index is -6.96. The largest absolute Gasteiger partial charge is 0.462 e. The van der Waals surface area contributed by atoms with Crippen molar-refractivity contribution < 1.29 is 49.0 Å². The molecule has 0 N–H and O–H groups in total. The quantitative estimate of drug-likeness (QED) is 0.377. The first-order valence-electron chi connectivity index (χ1n) is 6.06. The Morgan fingerprint density at radius 2 is 1.43 bits per heavy atom. The molecule has 0 rings (SSSR count). The Kier molecular flexibility index (Phi) is 6.19. The molecule has 2 nitrogen and oxygen atoms in total. The second-order valence-corrected chi connectivity index (χ2v) is 4.75. The van der Waals surface area contributed by atoms with Gasteiger partial charge in [0.2, 0.25) is 0 Å². The van der Waals surface area contributed by atoms with Crippen LogP contribution in [-0.4, -0.2) is 36.5 Å². The number of esters is 1. The predicted molar refractivity (Wildman–Crippen MR) is 60.5 cm³/mol. The van der Waals surface area contributed by atoms with Crippen LogP contribution >= 0.6 is 0 Å². The first kappa shape index (κ1) is 21.6. The number of rotatable bonds is 7. The second kappa shape index (κ2) is 6.60. The van der Waals surface area contributed by atoms with E-state index in [9.17, 15) is 44.3 Å². The summed E-state index contributed by atoms with van der Waals surface area (Å²) in [6.45, 7) is 3.52. The Morgan fingerprint density at radius 3 is 1.74 bits per heavy atom. The number of hydrogen-bond acceptors (Lipinski definition) is 2. The molecule has 0 aliphatic heterocycles. The van der Waals surface area contributed by atoms with E-state index in [4.69, 9.17) is 0 Å². The van der Waals surface area contributed by atoms with Gasteiger partial charge in [0, 0.05) is 5.57 Å². The fourth-order valence-electron chi connectivity index (χ4n) is 1.42. The van der Waals surface area contributed by atoms with Crippen molar-refractivity contribution in [1.29, 1.82) is 0 Å². The number of carbonyl (C=O) groups is 1. The average molecular weight is 360 g/mol. The molecular formula is C12H13F9O2. The Bertz CT molecular complexity index is 454. The van der Waals surface area contributed by atoms with Gasteiger partial charge < -0.3 is 4.74 Å². The Morgan fingerprint density at radius 1 is 1.00 bits per heavy atom. The van der Waals surface area contributed by atoms with Gasteiger partial charge in [-0.05, 0) is 13.3 Å². The standard InChI is InChI=1S/C12H13F9O2/c1-4-7(5-23-8(22)6(2)3)9(13,14)10(15,16)11(17,18)12(19,20)21/h7H,2,4-5H2,1,3H3. The number of halogens is 9. The molecule has 0 radical (unpaired) electrons. The molecule has 0 aromatic rings. The van der Waals surface area contributed by atoms with Crippen LogP contribution in [0.3, 0.4) is 0 Å². The van der Waals surface area contributed by atoms with Gasteiger partial charge >= 0.3 is 29.9 Å². The molecule has 0 aliphatic carbocycles. The summed E-state index contributed by atoms with van der Waals surface area (Å²) in [5, 5.41) is 0. The van der Waals surface area contributed by atoms with Gasteiger partial charge in [-0.3, -0.25) is 0 Å². The van der Waals surface area contributed by atoms with Crippen LogP contribution in [0.2, 0.25) is 0 Å². The van der Waals surface area contributed by atoms with Crippen molar-refractivity contribution in [1.82, 2.24) is 0 Å². The Labute approximate surface area is 125 Å². The molecule has 11 heteroatoms. The van der Waals surface area contributed by atoms with E-state index < -0.39 is 48.9 Å². The zero-order valence-corrected chi connectivity index (χ0v) is 11.9. The van der Waals surface area contributed by atoms with Crippen molar-refractivity contribution in [3.8, 4) is 0 Å². The molecule has 0 fully saturated rings. The zero-order chi connectivity index (χ0) is 18.9. The number of hydrogen-bond donors (Lipinski definition) is 0. The van der Waals surface area contributed by atoms with Gasteiger partial charge in [0.15, 0.2) is 0 Å². The number of carbonyl (C=O) groups excluding carboxylic acids is 1. The maximum Gasteiger partial charge on any atom is 0.460 e. The van der Waals surface area contributed by atoms with E-state index in [0.29, 0.717) is 0 Å². The van der Waals surface area contributed by atoms with Crippen molar-refractivity contribution >= 4 is 5.97 Å². The molecular weight excluding hydrogens is 347 g/mol. The molecule has 136 valence electrons. The fourth-order valence-corrected chi connectivity index (χ4v) is 1.42. The van der Waals surface area contributed by atoms with Gasteiger partial charge in [0.1, 0.15) is 6.61 Å². The summed E-state index contributed by atoms with van der Waals surface area (Å²) >= 11 is 0. The summed E-state index contributed by atoms with van der Waals surface area (Å²) in [5.74, 6) is -23.5.